The molecule has 0 unspecified atom stereocenters. The number of aryl methyl sites for hydroxylation is 1. The second kappa shape index (κ2) is 6.20. The van der Waals surface area contributed by atoms with Crippen molar-refractivity contribution < 1.29 is 9.53 Å². The van der Waals surface area contributed by atoms with Gasteiger partial charge in [-0.3, -0.25) is 4.79 Å². The van der Waals surface area contributed by atoms with E-state index in [-0.39, 0.29) is 23.8 Å². The molecule has 0 spiro atoms. The van der Waals surface area contributed by atoms with E-state index in [1.807, 2.05) is 33.2 Å². The zero-order valence-corrected chi connectivity index (χ0v) is 13.5. The van der Waals surface area contributed by atoms with Crippen molar-refractivity contribution in [1.82, 2.24) is 15.1 Å². The van der Waals surface area contributed by atoms with Gasteiger partial charge < -0.3 is 14.5 Å². The Morgan fingerprint density at radius 1 is 1.32 bits per heavy atom. The normalized spacial score (nSPS) is 28.1. The average molecular weight is 304 g/mol. The Kier molecular flexibility index (Phi) is 4.29. The van der Waals surface area contributed by atoms with Gasteiger partial charge in [0.1, 0.15) is 0 Å². The third-order valence-electron chi connectivity index (χ3n) is 4.74. The molecule has 1 aromatic rings. The molecule has 2 fully saturated rings. The summed E-state index contributed by atoms with van der Waals surface area (Å²) in [6.07, 6.45) is 1.94. The van der Waals surface area contributed by atoms with Crippen molar-refractivity contribution in [3.8, 4) is 0 Å². The van der Waals surface area contributed by atoms with E-state index >= 15 is 0 Å². The van der Waals surface area contributed by atoms with Crippen molar-refractivity contribution in [3.05, 3.63) is 17.8 Å². The molecule has 6 nitrogen and oxygen atoms in total. The van der Waals surface area contributed by atoms with Crippen molar-refractivity contribution in [3.63, 3.8) is 0 Å². The number of hydrogen-bond acceptors (Lipinski definition) is 5. The number of fused-ring (bicyclic) bond motifs is 1. The number of nitrogens with zero attached hydrogens (tertiary/aromatic N) is 4. The summed E-state index contributed by atoms with van der Waals surface area (Å²) in [7, 11) is 3.66. The second-order valence-corrected chi connectivity index (χ2v) is 6.47. The summed E-state index contributed by atoms with van der Waals surface area (Å²) in [5.74, 6) is 1.40. The zero-order chi connectivity index (χ0) is 15.7. The number of anilines is 1. The van der Waals surface area contributed by atoms with Crippen LogP contribution in [-0.4, -0.2) is 60.9 Å². The van der Waals surface area contributed by atoms with Crippen LogP contribution < -0.4 is 4.90 Å². The topological polar surface area (TPSA) is 58.6 Å². The molecule has 0 N–H and O–H groups in total. The third kappa shape index (κ3) is 2.92. The van der Waals surface area contributed by atoms with Crippen LogP contribution in [0.3, 0.4) is 0 Å². The highest BCUT2D eigenvalue weighted by Gasteiger charge is 2.42. The predicted molar refractivity (Wildman–Crippen MR) is 83.6 cm³/mol. The van der Waals surface area contributed by atoms with Crippen molar-refractivity contribution in [1.29, 1.82) is 0 Å². The third-order valence-corrected chi connectivity index (χ3v) is 4.74. The number of carbonyl (C=O) groups excluding carboxylic acids is 1. The van der Waals surface area contributed by atoms with E-state index in [4.69, 9.17) is 4.74 Å². The van der Waals surface area contributed by atoms with Gasteiger partial charge >= 0.3 is 0 Å². The van der Waals surface area contributed by atoms with Gasteiger partial charge in [-0.1, -0.05) is 0 Å². The Bertz CT molecular complexity index is 531. The monoisotopic (exact) mass is 304 g/mol. The van der Waals surface area contributed by atoms with E-state index in [0.29, 0.717) is 6.61 Å². The quantitative estimate of drug-likeness (QED) is 0.819. The van der Waals surface area contributed by atoms with Gasteiger partial charge in [0, 0.05) is 45.6 Å². The number of hydrogen-bond donors (Lipinski definition) is 0. The molecular weight excluding hydrogens is 280 g/mol. The molecule has 3 atom stereocenters. The minimum absolute atomic E-state index is 0.0509. The summed E-state index contributed by atoms with van der Waals surface area (Å²) in [6.45, 7) is 4.34. The molecule has 0 radical (unpaired) electrons. The maximum absolute atomic E-state index is 12.5. The summed E-state index contributed by atoms with van der Waals surface area (Å²) in [6, 6.07) is 3.99. The number of carbonyl (C=O) groups is 1. The van der Waals surface area contributed by atoms with Crippen LogP contribution in [0.5, 0.6) is 0 Å². The van der Waals surface area contributed by atoms with Gasteiger partial charge in [0.2, 0.25) is 5.91 Å². The van der Waals surface area contributed by atoms with E-state index < -0.39 is 0 Å². The van der Waals surface area contributed by atoms with Crippen molar-refractivity contribution in [2.24, 2.45) is 11.8 Å². The highest BCUT2D eigenvalue weighted by atomic mass is 16.5. The minimum Gasteiger partial charge on any atom is -0.378 e. The van der Waals surface area contributed by atoms with Crippen LogP contribution in [0.1, 0.15) is 18.5 Å². The standard InChI is InChI=1S/C16H24N4O2/c1-11-4-5-15(18-17-11)20-8-6-14-13(10-20)12(7-9-22-14)16(21)19(2)3/h4-5,12-14H,6-10H2,1-3H3/t12-,13+,14-/m1/s1. The number of rotatable bonds is 2. The number of aromatic nitrogens is 2. The summed E-state index contributed by atoms with van der Waals surface area (Å²) in [5.41, 5.74) is 0.917. The van der Waals surface area contributed by atoms with Gasteiger partial charge in [-0.2, -0.15) is 5.10 Å². The van der Waals surface area contributed by atoms with Crippen molar-refractivity contribution >= 4 is 11.7 Å². The van der Waals surface area contributed by atoms with Gasteiger partial charge in [0.05, 0.1) is 11.8 Å². The van der Waals surface area contributed by atoms with E-state index in [1.54, 1.807) is 4.90 Å². The maximum Gasteiger partial charge on any atom is 0.225 e. The summed E-state index contributed by atoms with van der Waals surface area (Å²) < 4.78 is 5.91. The average Bonchev–Trinajstić information content (AvgIpc) is 2.53. The predicted octanol–water partition coefficient (Wildman–Crippen LogP) is 1.10. The molecular formula is C16H24N4O2. The molecule has 2 saturated heterocycles. The first-order valence-electron chi connectivity index (χ1n) is 7.94. The Morgan fingerprint density at radius 3 is 2.82 bits per heavy atom. The first-order valence-corrected chi connectivity index (χ1v) is 7.94. The number of amides is 1. The fourth-order valence-corrected chi connectivity index (χ4v) is 3.52. The molecule has 1 aromatic heterocycles. The van der Waals surface area contributed by atoms with Crippen LogP contribution in [-0.2, 0) is 9.53 Å². The van der Waals surface area contributed by atoms with Crippen LogP contribution in [0.15, 0.2) is 12.1 Å². The molecule has 0 saturated carbocycles. The molecule has 2 aliphatic heterocycles. The molecule has 2 aliphatic rings. The fraction of sp³-hybridized carbons (Fsp3) is 0.688. The minimum atomic E-state index is 0.0509. The van der Waals surface area contributed by atoms with Crippen LogP contribution in [0.25, 0.3) is 0 Å². The lowest BCUT2D eigenvalue weighted by molar-refractivity contribution is -0.144. The van der Waals surface area contributed by atoms with Gasteiger partial charge in [-0.25, -0.2) is 0 Å². The Balaban J connectivity index is 1.77. The van der Waals surface area contributed by atoms with Crippen LogP contribution in [0.2, 0.25) is 0 Å². The summed E-state index contributed by atoms with van der Waals surface area (Å²) in [4.78, 5) is 16.4. The molecule has 120 valence electrons. The van der Waals surface area contributed by atoms with E-state index in [0.717, 1.165) is 37.4 Å². The summed E-state index contributed by atoms with van der Waals surface area (Å²) in [5, 5.41) is 8.43. The number of ether oxygens (including phenoxy) is 1. The van der Waals surface area contributed by atoms with Crippen LogP contribution in [0, 0.1) is 18.8 Å². The van der Waals surface area contributed by atoms with Crippen LogP contribution in [0.4, 0.5) is 5.82 Å². The Labute approximate surface area is 131 Å². The molecule has 6 heteroatoms. The molecule has 0 aliphatic carbocycles. The molecule has 1 amide bonds. The lowest BCUT2D eigenvalue weighted by atomic mass is 9.78. The molecule has 0 aromatic carbocycles. The SMILES string of the molecule is Cc1ccc(N2CC[C@H]3OCC[C@@H](C(=O)N(C)C)[C@@H]3C2)nn1. The molecule has 3 rings (SSSR count). The molecule has 0 bridgehead atoms. The zero-order valence-electron chi connectivity index (χ0n) is 13.5. The van der Waals surface area contributed by atoms with Gasteiger partial charge in [-0.15, -0.1) is 5.10 Å². The fourth-order valence-electron chi connectivity index (χ4n) is 3.52. The highest BCUT2D eigenvalue weighted by molar-refractivity contribution is 5.79. The molecule has 22 heavy (non-hydrogen) atoms. The van der Waals surface area contributed by atoms with Gasteiger partial charge in [-0.05, 0) is 31.9 Å². The lowest BCUT2D eigenvalue weighted by Crippen LogP contribution is -2.53. The van der Waals surface area contributed by atoms with Gasteiger partial charge in [0.15, 0.2) is 5.82 Å². The van der Waals surface area contributed by atoms with Crippen molar-refractivity contribution in [2.75, 3.05) is 38.7 Å². The smallest absolute Gasteiger partial charge is 0.225 e. The van der Waals surface area contributed by atoms with Gasteiger partial charge in [0.25, 0.3) is 0 Å². The Morgan fingerprint density at radius 2 is 2.14 bits per heavy atom. The number of piperidine rings is 1. The van der Waals surface area contributed by atoms with E-state index in [1.165, 1.54) is 0 Å². The lowest BCUT2D eigenvalue weighted by Gasteiger charge is -2.45. The van der Waals surface area contributed by atoms with E-state index in [2.05, 4.69) is 15.1 Å². The maximum atomic E-state index is 12.5. The molecule has 3 heterocycles. The van der Waals surface area contributed by atoms with Crippen LogP contribution >= 0.6 is 0 Å². The second-order valence-electron chi connectivity index (χ2n) is 6.47. The summed E-state index contributed by atoms with van der Waals surface area (Å²) >= 11 is 0. The Hall–Kier alpha value is -1.69. The van der Waals surface area contributed by atoms with Crippen molar-refractivity contribution in [2.45, 2.75) is 25.9 Å². The van der Waals surface area contributed by atoms with E-state index in [9.17, 15) is 4.79 Å². The highest BCUT2D eigenvalue weighted by Crippen LogP contribution is 2.35. The largest absolute Gasteiger partial charge is 0.378 e. The first kappa shape index (κ1) is 15.2. The first-order chi connectivity index (χ1) is 10.6.